The molecule has 2 fully saturated rings. The van der Waals surface area contributed by atoms with Crippen LogP contribution in [0.25, 0.3) is 11.3 Å². The second-order valence-electron chi connectivity index (χ2n) is 7.64. The molecule has 1 aromatic carbocycles. The van der Waals surface area contributed by atoms with E-state index in [0.717, 1.165) is 31.7 Å². The summed E-state index contributed by atoms with van der Waals surface area (Å²) >= 11 is 0. The number of ether oxygens (including phenoxy) is 1. The van der Waals surface area contributed by atoms with Gasteiger partial charge in [-0.25, -0.2) is 9.18 Å². The summed E-state index contributed by atoms with van der Waals surface area (Å²) in [6.07, 6.45) is 2.35. The number of carbonyl (C=O) groups excluding carboxylic acids is 2. The van der Waals surface area contributed by atoms with Crippen molar-refractivity contribution in [1.29, 1.82) is 0 Å². The van der Waals surface area contributed by atoms with Crippen molar-refractivity contribution in [3.05, 3.63) is 47.9 Å². The number of anilines is 1. The Morgan fingerprint density at radius 3 is 2.84 bits per heavy atom. The average Bonchev–Trinajstić information content (AvgIpc) is 3.18. The smallest absolute Gasteiger partial charge is 0.414 e. The number of carbonyl (C=O) groups is 2. The highest BCUT2D eigenvalue weighted by Gasteiger charge is 2.32. The van der Waals surface area contributed by atoms with Crippen molar-refractivity contribution in [3.63, 3.8) is 0 Å². The molecule has 168 valence electrons. The molecule has 0 saturated carbocycles. The van der Waals surface area contributed by atoms with Crippen LogP contribution in [-0.2, 0) is 9.53 Å². The van der Waals surface area contributed by atoms with Crippen molar-refractivity contribution in [2.24, 2.45) is 5.10 Å². The number of hydrazone groups is 1. The number of amides is 2. The molecule has 2 aliphatic heterocycles. The third-order valence-electron chi connectivity index (χ3n) is 5.24. The van der Waals surface area contributed by atoms with Crippen LogP contribution in [0.4, 0.5) is 14.9 Å². The molecule has 0 unspecified atom stereocenters. The normalized spacial score (nSPS) is 18.8. The fraction of sp³-hybridized carbons (Fsp3) is 0.364. The average molecular weight is 440 g/mol. The van der Waals surface area contributed by atoms with Gasteiger partial charge in [-0.2, -0.15) is 5.10 Å². The molecule has 2 aromatic rings. The summed E-state index contributed by atoms with van der Waals surface area (Å²) in [5.74, 6) is -0.696. The van der Waals surface area contributed by atoms with Crippen LogP contribution < -0.4 is 15.5 Å². The van der Waals surface area contributed by atoms with Crippen LogP contribution in [0, 0.1) is 5.82 Å². The molecule has 32 heavy (non-hydrogen) atoms. The number of nitrogens with zero attached hydrogens (tertiary/aromatic N) is 4. The first-order valence-electron chi connectivity index (χ1n) is 10.5. The van der Waals surface area contributed by atoms with E-state index in [-0.39, 0.29) is 19.0 Å². The molecule has 2 saturated heterocycles. The molecule has 0 aliphatic carbocycles. The first kappa shape index (κ1) is 21.7. The van der Waals surface area contributed by atoms with E-state index in [1.54, 1.807) is 30.6 Å². The van der Waals surface area contributed by atoms with Gasteiger partial charge in [0.15, 0.2) is 0 Å². The largest absolute Gasteiger partial charge is 0.442 e. The standard InChI is InChI=1S/C22H25FN6O3/c1-15(30)25-13-18-14-29(22(31)32-18)17-3-4-19(20(23)10-17)21-5-2-16(11-26-21)12-27-28-8-6-24-7-9-28/h2-5,10-12,18,24H,6-9,13-14H2,1H3,(H,25,30)/b27-12+/t18-/m0/s1. The molecule has 2 amide bonds. The van der Waals surface area contributed by atoms with Gasteiger partial charge in [-0.15, -0.1) is 0 Å². The summed E-state index contributed by atoms with van der Waals surface area (Å²) in [5, 5.41) is 12.3. The Labute approximate surface area is 185 Å². The van der Waals surface area contributed by atoms with E-state index in [9.17, 15) is 14.0 Å². The zero-order valence-corrected chi connectivity index (χ0v) is 17.8. The van der Waals surface area contributed by atoms with Gasteiger partial charge in [0.05, 0.1) is 30.7 Å². The number of pyridine rings is 1. The van der Waals surface area contributed by atoms with Gasteiger partial charge in [0.2, 0.25) is 5.91 Å². The minimum atomic E-state index is -0.571. The van der Waals surface area contributed by atoms with Crippen molar-refractivity contribution >= 4 is 23.9 Å². The summed E-state index contributed by atoms with van der Waals surface area (Å²) in [7, 11) is 0. The molecular formula is C22H25FN6O3. The molecule has 2 aliphatic rings. The Morgan fingerprint density at radius 2 is 2.16 bits per heavy atom. The van der Waals surface area contributed by atoms with E-state index < -0.39 is 18.0 Å². The Hall–Kier alpha value is -3.53. The Kier molecular flexibility index (Phi) is 6.60. The summed E-state index contributed by atoms with van der Waals surface area (Å²) in [6.45, 7) is 5.38. The Balaban J connectivity index is 1.42. The highest BCUT2D eigenvalue weighted by molar-refractivity contribution is 5.90. The predicted octanol–water partition coefficient (Wildman–Crippen LogP) is 1.59. The first-order chi connectivity index (χ1) is 15.5. The van der Waals surface area contributed by atoms with Gasteiger partial charge in [-0.3, -0.25) is 19.7 Å². The van der Waals surface area contributed by atoms with Gasteiger partial charge < -0.3 is 15.4 Å². The molecule has 1 atom stereocenters. The highest BCUT2D eigenvalue weighted by atomic mass is 19.1. The summed E-state index contributed by atoms with van der Waals surface area (Å²) in [4.78, 5) is 28.9. The van der Waals surface area contributed by atoms with E-state index in [4.69, 9.17) is 4.74 Å². The van der Waals surface area contributed by atoms with Crippen molar-refractivity contribution in [1.82, 2.24) is 20.6 Å². The molecule has 9 nitrogen and oxygen atoms in total. The second-order valence-corrected chi connectivity index (χ2v) is 7.64. The van der Waals surface area contributed by atoms with E-state index in [1.807, 2.05) is 11.1 Å². The number of aromatic nitrogens is 1. The number of hydrogen-bond donors (Lipinski definition) is 2. The fourth-order valence-electron chi connectivity index (χ4n) is 3.53. The van der Waals surface area contributed by atoms with Crippen molar-refractivity contribution in [2.45, 2.75) is 13.0 Å². The molecule has 0 radical (unpaired) electrons. The third-order valence-corrected chi connectivity index (χ3v) is 5.24. The summed E-state index contributed by atoms with van der Waals surface area (Å²) < 4.78 is 20.1. The zero-order chi connectivity index (χ0) is 22.5. The van der Waals surface area contributed by atoms with Crippen LogP contribution in [0.15, 0.2) is 41.6 Å². The lowest BCUT2D eigenvalue weighted by atomic mass is 10.1. The predicted molar refractivity (Wildman–Crippen MR) is 118 cm³/mol. The van der Waals surface area contributed by atoms with Crippen LogP contribution >= 0.6 is 0 Å². The monoisotopic (exact) mass is 440 g/mol. The fourth-order valence-corrected chi connectivity index (χ4v) is 3.53. The Morgan fingerprint density at radius 1 is 1.34 bits per heavy atom. The topological polar surface area (TPSA) is 99.2 Å². The Bertz CT molecular complexity index is 1010. The van der Waals surface area contributed by atoms with Crippen LogP contribution in [-0.4, -0.2) is 73.6 Å². The van der Waals surface area contributed by atoms with Crippen LogP contribution in [0.5, 0.6) is 0 Å². The minimum Gasteiger partial charge on any atom is -0.442 e. The van der Waals surface area contributed by atoms with E-state index in [0.29, 0.717) is 16.9 Å². The van der Waals surface area contributed by atoms with Gasteiger partial charge >= 0.3 is 6.09 Å². The maximum atomic E-state index is 14.8. The van der Waals surface area contributed by atoms with Crippen LogP contribution in [0.2, 0.25) is 0 Å². The first-order valence-corrected chi connectivity index (χ1v) is 10.5. The molecule has 10 heteroatoms. The maximum Gasteiger partial charge on any atom is 0.414 e. The van der Waals surface area contributed by atoms with Gasteiger partial charge in [0, 0.05) is 50.4 Å². The van der Waals surface area contributed by atoms with E-state index in [1.165, 1.54) is 17.9 Å². The number of rotatable bonds is 6. The number of cyclic esters (lactones) is 1. The number of hydrogen-bond acceptors (Lipinski definition) is 7. The zero-order valence-electron chi connectivity index (χ0n) is 17.8. The van der Waals surface area contributed by atoms with Crippen molar-refractivity contribution in [3.8, 4) is 11.3 Å². The summed E-state index contributed by atoms with van der Waals surface area (Å²) in [5.41, 5.74) is 2.04. The van der Waals surface area contributed by atoms with Gasteiger partial charge in [0.25, 0.3) is 0 Å². The minimum absolute atomic E-state index is 0.205. The second kappa shape index (κ2) is 9.73. The SMILES string of the molecule is CC(=O)NC[C@H]1CN(c2ccc(-c3ccc(/C=N/N4CCNCC4)cn3)c(F)c2)C(=O)O1. The molecule has 0 spiro atoms. The molecule has 4 rings (SSSR count). The molecular weight excluding hydrogens is 415 g/mol. The van der Waals surface area contributed by atoms with Gasteiger partial charge in [0.1, 0.15) is 11.9 Å². The van der Waals surface area contributed by atoms with Crippen molar-refractivity contribution in [2.75, 3.05) is 44.2 Å². The van der Waals surface area contributed by atoms with Gasteiger partial charge in [-0.1, -0.05) is 0 Å². The van der Waals surface area contributed by atoms with Crippen molar-refractivity contribution < 1.29 is 18.7 Å². The quantitative estimate of drug-likeness (QED) is 0.662. The number of piperazine rings is 1. The molecule has 2 N–H and O–H groups in total. The maximum absolute atomic E-state index is 14.8. The highest BCUT2D eigenvalue weighted by Crippen LogP contribution is 2.28. The van der Waals surface area contributed by atoms with Crippen LogP contribution in [0.1, 0.15) is 12.5 Å². The summed E-state index contributed by atoms with van der Waals surface area (Å²) in [6, 6.07) is 8.12. The number of halogens is 1. The lowest BCUT2D eigenvalue weighted by Gasteiger charge is -2.24. The molecule has 0 bridgehead atoms. The van der Waals surface area contributed by atoms with Gasteiger partial charge in [-0.05, 0) is 30.3 Å². The third kappa shape index (κ3) is 5.20. The number of benzene rings is 1. The van der Waals surface area contributed by atoms with Crippen LogP contribution in [0.3, 0.4) is 0 Å². The van der Waals surface area contributed by atoms with E-state index >= 15 is 0 Å². The number of nitrogens with one attached hydrogen (secondary N) is 2. The molecule has 3 heterocycles. The van der Waals surface area contributed by atoms with E-state index in [2.05, 4.69) is 20.7 Å². The lowest BCUT2D eigenvalue weighted by molar-refractivity contribution is -0.119. The lowest BCUT2D eigenvalue weighted by Crippen LogP contribution is -2.40. The molecule has 1 aromatic heterocycles.